The van der Waals surface area contributed by atoms with Gasteiger partial charge in [-0.15, -0.1) is 0 Å². The normalized spacial score (nSPS) is 12.2. The van der Waals surface area contributed by atoms with Gasteiger partial charge in [0.1, 0.15) is 30.8 Å². The standard InChI is InChI=1S/C36H40FN3O5S/c1-36(2,3)38-35(42)33(23-27-11-7-5-8-12-27)39(24-28-15-17-30(37)18-16-28)34(41)25-40(46(4,43)44)31-19-21-32(22-20-31)45-26-29-13-9-6-10-14-29/h5-22,33H,23-26H2,1-4H3,(H,38,42)/t33-/m0/s1. The number of amides is 2. The van der Waals surface area contributed by atoms with E-state index in [0.29, 0.717) is 17.9 Å². The Kier molecular flexibility index (Phi) is 11.2. The topological polar surface area (TPSA) is 96.0 Å². The van der Waals surface area contributed by atoms with E-state index in [1.165, 1.54) is 17.0 Å². The highest BCUT2D eigenvalue weighted by atomic mass is 32.2. The van der Waals surface area contributed by atoms with E-state index < -0.39 is 45.8 Å². The number of sulfonamides is 1. The Morgan fingerprint density at radius 3 is 1.91 bits per heavy atom. The monoisotopic (exact) mass is 645 g/mol. The molecule has 0 heterocycles. The number of nitrogens with one attached hydrogen (secondary N) is 1. The third-order valence-corrected chi connectivity index (χ3v) is 8.23. The number of anilines is 1. The van der Waals surface area contributed by atoms with E-state index in [9.17, 15) is 22.4 Å². The summed E-state index contributed by atoms with van der Waals surface area (Å²) < 4.78 is 46.8. The Bertz CT molecular complexity index is 1690. The minimum absolute atomic E-state index is 0.0436. The van der Waals surface area contributed by atoms with E-state index in [4.69, 9.17) is 4.74 Å². The van der Waals surface area contributed by atoms with Gasteiger partial charge in [0.25, 0.3) is 0 Å². The highest BCUT2D eigenvalue weighted by Crippen LogP contribution is 2.24. The van der Waals surface area contributed by atoms with Gasteiger partial charge in [0, 0.05) is 18.5 Å². The molecule has 4 aromatic carbocycles. The van der Waals surface area contributed by atoms with E-state index in [1.807, 2.05) is 81.4 Å². The van der Waals surface area contributed by atoms with Crippen LogP contribution in [0.15, 0.2) is 109 Å². The predicted octanol–water partition coefficient (Wildman–Crippen LogP) is 5.73. The Labute approximate surface area is 270 Å². The Morgan fingerprint density at radius 1 is 0.804 bits per heavy atom. The number of ether oxygens (including phenoxy) is 1. The van der Waals surface area contributed by atoms with Gasteiger partial charge in [-0.25, -0.2) is 12.8 Å². The number of benzene rings is 4. The Balaban J connectivity index is 1.65. The largest absolute Gasteiger partial charge is 0.489 e. The molecule has 4 rings (SSSR count). The van der Waals surface area contributed by atoms with Gasteiger partial charge in [0.05, 0.1) is 11.9 Å². The molecule has 1 N–H and O–H groups in total. The van der Waals surface area contributed by atoms with Crippen LogP contribution in [0.2, 0.25) is 0 Å². The third-order valence-electron chi connectivity index (χ3n) is 7.09. The molecule has 0 unspecified atom stereocenters. The molecular weight excluding hydrogens is 605 g/mol. The van der Waals surface area contributed by atoms with Gasteiger partial charge < -0.3 is 15.0 Å². The molecule has 0 radical (unpaired) electrons. The average Bonchev–Trinajstić information content (AvgIpc) is 3.01. The third kappa shape index (κ3) is 10.2. The number of halogens is 1. The summed E-state index contributed by atoms with van der Waals surface area (Å²) in [4.78, 5) is 29.4. The van der Waals surface area contributed by atoms with Crippen molar-refractivity contribution in [1.29, 1.82) is 0 Å². The number of carbonyl (C=O) groups is 2. The molecular formula is C36H40FN3O5S. The van der Waals surface area contributed by atoms with Crippen LogP contribution in [0, 0.1) is 5.82 Å². The molecule has 0 aliphatic carbocycles. The first-order chi connectivity index (χ1) is 21.8. The van der Waals surface area contributed by atoms with E-state index >= 15 is 0 Å². The summed E-state index contributed by atoms with van der Waals surface area (Å²) in [5, 5.41) is 2.98. The van der Waals surface area contributed by atoms with Crippen molar-refractivity contribution in [2.75, 3.05) is 17.1 Å². The van der Waals surface area contributed by atoms with Crippen molar-refractivity contribution in [2.24, 2.45) is 0 Å². The number of rotatable bonds is 13. The summed E-state index contributed by atoms with van der Waals surface area (Å²) >= 11 is 0. The summed E-state index contributed by atoms with van der Waals surface area (Å²) in [6.07, 6.45) is 1.21. The lowest BCUT2D eigenvalue weighted by atomic mass is 10.0. The second-order valence-corrected chi connectivity index (χ2v) is 14.0. The van der Waals surface area contributed by atoms with E-state index in [0.717, 1.165) is 21.7 Å². The molecule has 0 saturated carbocycles. The molecule has 0 aliphatic rings. The predicted molar refractivity (Wildman–Crippen MR) is 178 cm³/mol. The summed E-state index contributed by atoms with van der Waals surface area (Å²) in [5.41, 5.74) is 2.06. The van der Waals surface area contributed by atoms with Gasteiger partial charge in [0.2, 0.25) is 21.8 Å². The van der Waals surface area contributed by atoms with Crippen molar-refractivity contribution in [2.45, 2.75) is 51.9 Å². The van der Waals surface area contributed by atoms with E-state index in [1.54, 1.807) is 36.4 Å². The number of carbonyl (C=O) groups excluding carboxylic acids is 2. The smallest absolute Gasteiger partial charge is 0.244 e. The SMILES string of the molecule is CC(C)(C)NC(=O)[C@H](Cc1ccccc1)N(Cc1ccc(F)cc1)C(=O)CN(c1ccc(OCc2ccccc2)cc1)S(C)(=O)=O. The molecule has 1 atom stereocenters. The van der Waals surface area contributed by atoms with Gasteiger partial charge in [-0.3, -0.25) is 13.9 Å². The van der Waals surface area contributed by atoms with Crippen LogP contribution in [-0.4, -0.2) is 49.5 Å². The molecule has 0 aromatic heterocycles. The lowest BCUT2D eigenvalue weighted by Crippen LogP contribution is -2.56. The number of nitrogens with zero attached hydrogens (tertiary/aromatic N) is 2. The fraction of sp³-hybridized carbons (Fsp3) is 0.278. The molecule has 0 aliphatic heterocycles. The minimum atomic E-state index is -3.93. The molecule has 10 heteroatoms. The summed E-state index contributed by atoms with van der Waals surface area (Å²) in [5.74, 6) is -0.888. The fourth-order valence-corrected chi connectivity index (χ4v) is 5.71. The van der Waals surface area contributed by atoms with Gasteiger partial charge in [-0.2, -0.15) is 0 Å². The van der Waals surface area contributed by atoms with E-state index in [2.05, 4.69) is 5.32 Å². The van der Waals surface area contributed by atoms with Crippen LogP contribution in [0.25, 0.3) is 0 Å². The van der Waals surface area contributed by atoms with Crippen molar-refractivity contribution in [3.05, 3.63) is 132 Å². The maximum Gasteiger partial charge on any atom is 0.244 e. The van der Waals surface area contributed by atoms with Crippen LogP contribution in [0.5, 0.6) is 5.75 Å². The number of hydrogen-bond donors (Lipinski definition) is 1. The van der Waals surface area contributed by atoms with Gasteiger partial charge >= 0.3 is 0 Å². The van der Waals surface area contributed by atoms with Crippen LogP contribution in [0.4, 0.5) is 10.1 Å². The Morgan fingerprint density at radius 2 is 1.37 bits per heavy atom. The average molecular weight is 646 g/mol. The van der Waals surface area contributed by atoms with Crippen molar-refractivity contribution in [1.82, 2.24) is 10.2 Å². The minimum Gasteiger partial charge on any atom is -0.489 e. The molecule has 0 spiro atoms. The maximum absolute atomic E-state index is 14.2. The van der Waals surface area contributed by atoms with Crippen LogP contribution in [-0.2, 0) is 39.2 Å². The van der Waals surface area contributed by atoms with Gasteiger partial charge in [0.15, 0.2) is 0 Å². The first-order valence-corrected chi connectivity index (χ1v) is 16.8. The fourth-order valence-electron chi connectivity index (χ4n) is 4.86. The van der Waals surface area contributed by atoms with Crippen LogP contribution in [0.1, 0.15) is 37.5 Å². The van der Waals surface area contributed by atoms with Crippen molar-refractivity contribution < 1.29 is 27.1 Å². The molecule has 46 heavy (non-hydrogen) atoms. The molecule has 0 fully saturated rings. The molecule has 2 amide bonds. The van der Waals surface area contributed by atoms with Crippen molar-refractivity contribution in [3.8, 4) is 5.75 Å². The zero-order chi connectivity index (χ0) is 33.3. The van der Waals surface area contributed by atoms with E-state index in [-0.39, 0.29) is 18.7 Å². The highest BCUT2D eigenvalue weighted by Gasteiger charge is 2.34. The first kappa shape index (κ1) is 34.2. The quantitative estimate of drug-likeness (QED) is 0.201. The number of hydrogen-bond acceptors (Lipinski definition) is 5. The second kappa shape index (κ2) is 15.1. The summed E-state index contributed by atoms with van der Waals surface area (Å²) in [7, 11) is -3.93. The second-order valence-electron chi connectivity index (χ2n) is 12.1. The zero-order valence-corrected chi connectivity index (χ0v) is 27.3. The maximum atomic E-state index is 14.2. The molecule has 0 bridgehead atoms. The lowest BCUT2D eigenvalue weighted by Gasteiger charge is -2.35. The van der Waals surface area contributed by atoms with Crippen molar-refractivity contribution in [3.63, 3.8) is 0 Å². The molecule has 242 valence electrons. The zero-order valence-electron chi connectivity index (χ0n) is 26.5. The van der Waals surface area contributed by atoms with Crippen LogP contribution >= 0.6 is 0 Å². The summed E-state index contributed by atoms with van der Waals surface area (Å²) in [6.45, 7) is 5.27. The van der Waals surface area contributed by atoms with Crippen LogP contribution < -0.4 is 14.4 Å². The molecule has 8 nitrogen and oxygen atoms in total. The molecule has 0 saturated heterocycles. The highest BCUT2D eigenvalue weighted by molar-refractivity contribution is 7.92. The van der Waals surface area contributed by atoms with Crippen molar-refractivity contribution >= 4 is 27.5 Å². The molecule has 4 aromatic rings. The van der Waals surface area contributed by atoms with Crippen LogP contribution in [0.3, 0.4) is 0 Å². The lowest BCUT2D eigenvalue weighted by molar-refractivity contribution is -0.140. The van der Waals surface area contributed by atoms with Gasteiger partial charge in [-0.1, -0.05) is 72.8 Å². The first-order valence-electron chi connectivity index (χ1n) is 14.9. The summed E-state index contributed by atoms with van der Waals surface area (Å²) in [6, 6.07) is 30.0. The van der Waals surface area contributed by atoms with Gasteiger partial charge in [-0.05, 0) is 73.9 Å². The Hall–Kier alpha value is -4.70.